The zero-order valence-corrected chi connectivity index (χ0v) is 11.7. The van der Waals surface area contributed by atoms with E-state index in [1.165, 1.54) is 6.07 Å². The highest BCUT2D eigenvalue weighted by molar-refractivity contribution is 6.72. The van der Waals surface area contributed by atoms with Crippen LogP contribution in [0.4, 0.5) is 0 Å². The van der Waals surface area contributed by atoms with Gasteiger partial charge in [0.2, 0.25) is 0 Å². The maximum atomic E-state index is 11.7. The van der Waals surface area contributed by atoms with E-state index in [0.29, 0.717) is 5.39 Å². The summed E-state index contributed by atoms with van der Waals surface area (Å²) in [5, 5.41) is 2.12. The second-order valence-electron chi connectivity index (χ2n) is 4.46. The van der Waals surface area contributed by atoms with Crippen molar-refractivity contribution in [2.75, 3.05) is 0 Å². The average molecular weight is 303 g/mol. The van der Waals surface area contributed by atoms with Gasteiger partial charge in [0, 0.05) is 5.56 Å². The third kappa shape index (κ3) is 2.07. The van der Waals surface area contributed by atoms with Crippen molar-refractivity contribution in [1.82, 2.24) is 0 Å². The first-order chi connectivity index (χ1) is 9.58. The zero-order chi connectivity index (χ0) is 14.3. The number of carbonyl (C=O) groups excluding carboxylic acids is 2. The largest absolute Gasteiger partial charge is 0.276 e. The molecule has 4 heteroatoms. The predicted molar refractivity (Wildman–Crippen MR) is 81.8 cm³/mol. The minimum atomic E-state index is -0.691. The number of fused-ring (bicyclic) bond motifs is 2. The molecule has 2 nitrogen and oxygen atoms in total. The number of halogens is 2. The summed E-state index contributed by atoms with van der Waals surface area (Å²) >= 11 is 11.2. The van der Waals surface area contributed by atoms with Gasteiger partial charge >= 0.3 is 0 Å². The van der Waals surface area contributed by atoms with Gasteiger partial charge in [0.1, 0.15) is 0 Å². The Morgan fingerprint density at radius 2 is 1.40 bits per heavy atom. The van der Waals surface area contributed by atoms with E-state index in [2.05, 4.69) is 0 Å². The quantitative estimate of drug-likeness (QED) is 0.505. The molecule has 0 aliphatic rings. The van der Waals surface area contributed by atoms with Gasteiger partial charge in [0.25, 0.3) is 10.5 Å². The Hall–Kier alpha value is -1.90. The molecule has 0 radical (unpaired) electrons. The summed E-state index contributed by atoms with van der Waals surface area (Å²) in [4.78, 5) is 23.1. The number of benzene rings is 3. The Bertz CT molecular complexity index is 869. The summed E-state index contributed by atoms with van der Waals surface area (Å²) in [5.74, 6) is 0. The van der Waals surface area contributed by atoms with E-state index in [-0.39, 0.29) is 11.1 Å². The Balaban J connectivity index is 2.49. The van der Waals surface area contributed by atoms with Crippen LogP contribution in [0.25, 0.3) is 21.5 Å². The minimum absolute atomic E-state index is 0.134. The molecule has 0 fully saturated rings. The standard InChI is InChI=1S/C16H8Cl2O2/c17-15(19)12-6-5-11-7-9-3-1-2-4-10(9)8-13(11)14(12)16(18)20/h1-8H. The first kappa shape index (κ1) is 13.1. The van der Waals surface area contributed by atoms with Crippen molar-refractivity contribution in [1.29, 1.82) is 0 Å². The molecule has 0 aromatic heterocycles. The summed E-state index contributed by atoms with van der Waals surface area (Å²) in [7, 11) is 0. The number of hydrogen-bond acceptors (Lipinski definition) is 2. The molecule has 0 heterocycles. The van der Waals surface area contributed by atoms with E-state index >= 15 is 0 Å². The second-order valence-corrected chi connectivity index (χ2v) is 5.14. The maximum absolute atomic E-state index is 11.7. The lowest BCUT2D eigenvalue weighted by atomic mass is 9.97. The highest BCUT2D eigenvalue weighted by atomic mass is 35.5. The van der Waals surface area contributed by atoms with E-state index in [4.69, 9.17) is 23.2 Å². The van der Waals surface area contributed by atoms with Crippen molar-refractivity contribution in [3.05, 3.63) is 59.7 Å². The lowest BCUT2D eigenvalue weighted by molar-refractivity contribution is 0.105. The Labute approximate surface area is 124 Å². The van der Waals surface area contributed by atoms with Crippen molar-refractivity contribution >= 4 is 55.2 Å². The molecule has 3 aromatic carbocycles. The molecular formula is C16H8Cl2O2. The van der Waals surface area contributed by atoms with Gasteiger partial charge in [-0.05, 0) is 62.9 Å². The molecule has 0 amide bonds. The molecule has 0 aliphatic carbocycles. The van der Waals surface area contributed by atoms with Crippen LogP contribution in [-0.4, -0.2) is 10.5 Å². The topological polar surface area (TPSA) is 34.1 Å². The highest BCUT2D eigenvalue weighted by Crippen LogP contribution is 2.29. The molecular weight excluding hydrogens is 295 g/mol. The van der Waals surface area contributed by atoms with Crippen LogP contribution in [0.2, 0.25) is 0 Å². The van der Waals surface area contributed by atoms with Crippen LogP contribution in [0.1, 0.15) is 20.7 Å². The lowest BCUT2D eigenvalue weighted by Gasteiger charge is -2.08. The van der Waals surface area contributed by atoms with Crippen LogP contribution in [-0.2, 0) is 0 Å². The molecule has 3 rings (SSSR count). The molecule has 0 atom stereocenters. The zero-order valence-electron chi connectivity index (χ0n) is 10.2. The lowest BCUT2D eigenvalue weighted by Crippen LogP contribution is -2.02. The smallest absolute Gasteiger partial charge is 0.253 e. The Morgan fingerprint density at radius 3 is 2.00 bits per heavy atom. The molecule has 0 spiro atoms. The fourth-order valence-electron chi connectivity index (χ4n) is 2.39. The molecule has 0 saturated heterocycles. The van der Waals surface area contributed by atoms with Gasteiger partial charge in [-0.1, -0.05) is 30.3 Å². The average Bonchev–Trinajstić information content (AvgIpc) is 2.43. The number of rotatable bonds is 2. The molecule has 98 valence electrons. The fraction of sp³-hybridized carbons (Fsp3) is 0. The van der Waals surface area contributed by atoms with Crippen molar-refractivity contribution in [3.8, 4) is 0 Å². The van der Waals surface area contributed by atoms with Gasteiger partial charge in [0.15, 0.2) is 0 Å². The van der Waals surface area contributed by atoms with Gasteiger partial charge in [-0.15, -0.1) is 0 Å². The molecule has 0 bridgehead atoms. The van der Waals surface area contributed by atoms with Gasteiger partial charge in [-0.3, -0.25) is 9.59 Å². The van der Waals surface area contributed by atoms with Crippen molar-refractivity contribution < 1.29 is 9.59 Å². The van der Waals surface area contributed by atoms with Crippen molar-refractivity contribution in [3.63, 3.8) is 0 Å². The Kier molecular flexibility index (Phi) is 3.20. The van der Waals surface area contributed by atoms with E-state index in [1.807, 2.05) is 36.4 Å². The summed E-state index contributed by atoms with van der Waals surface area (Å²) in [6.07, 6.45) is 0. The first-order valence-electron chi connectivity index (χ1n) is 5.93. The third-order valence-corrected chi connectivity index (χ3v) is 3.69. The Morgan fingerprint density at radius 1 is 0.750 bits per heavy atom. The second kappa shape index (κ2) is 4.89. The maximum Gasteiger partial charge on any atom is 0.253 e. The van der Waals surface area contributed by atoms with Crippen LogP contribution in [0, 0.1) is 0 Å². The molecule has 20 heavy (non-hydrogen) atoms. The van der Waals surface area contributed by atoms with Crippen LogP contribution < -0.4 is 0 Å². The van der Waals surface area contributed by atoms with Crippen molar-refractivity contribution in [2.45, 2.75) is 0 Å². The SMILES string of the molecule is O=C(Cl)c1ccc2cc3ccccc3cc2c1C(=O)Cl. The number of carbonyl (C=O) groups is 2. The number of hydrogen-bond donors (Lipinski definition) is 0. The van der Waals surface area contributed by atoms with Gasteiger partial charge in [-0.2, -0.15) is 0 Å². The van der Waals surface area contributed by atoms with E-state index in [0.717, 1.165) is 16.2 Å². The van der Waals surface area contributed by atoms with Gasteiger partial charge < -0.3 is 0 Å². The molecule has 0 saturated carbocycles. The summed E-state index contributed by atoms with van der Waals surface area (Å²) < 4.78 is 0. The summed E-state index contributed by atoms with van der Waals surface area (Å²) in [5.41, 5.74) is 0.296. The monoisotopic (exact) mass is 302 g/mol. The van der Waals surface area contributed by atoms with E-state index in [1.54, 1.807) is 6.07 Å². The van der Waals surface area contributed by atoms with Crippen LogP contribution in [0.15, 0.2) is 48.5 Å². The normalized spacial score (nSPS) is 10.9. The fourth-order valence-corrected chi connectivity index (χ4v) is 2.75. The van der Waals surface area contributed by atoms with E-state index < -0.39 is 10.5 Å². The molecule has 0 unspecified atom stereocenters. The highest BCUT2D eigenvalue weighted by Gasteiger charge is 2.18. The summed E-state index contributed by atoms with van der Waals surface area (Å²) in [6, 6.07) is 14.9. The first-order valence-corrected chi connectivity index (χ1v) is 6.68. The molecule has 3 aromatic rings. The predicted octanol–water partition coefficient (Wildman–Crippen LogP) is 4.75. The third-order valence-electron chi connectivity index (χ3n) is 3.29. The van der Waals surface area contributed by atoms with E-state index in [9.17, 15) is 9.59 Å². The molecule has 0 N–H and O–H groups in total. The van der Waals surface area contributed by atoms with Gasteiger partial charge in [0.05, 0.1) is 5.56 Å². The van der Waals surface area contributed by atoms with Crippen LogP contribution >= 0.6 is 23.2 Å². The summed E-state index contributed by atoms with van der Waals surface area (Å²) in [6.45, 7) is 0. The van der Waals surface area contributed by atoms with Crippen molar-refractivity contribution in [2.24, 2.45) is 0 Å². The van der Waals surface area contributed by atoms with Gasteiger partial charge in [-0.25, -0.2) is 0 Å². The minimum Gasteiger partial charge on any atom is -0.276 e. The molecule has 0 aliphatic heterocycles. The van der Waals surface area contributed by atoms with Crippen LogP contribution in [0.3, 0.4) is 0 Å². The van der Waals surface area contributed by atoms with Crippen LogP contribution in [0.5, 0.6) is 0 Å².